The van der Waals surface area contributed by atoms with Gasteiger partial charge in [-0.1, -0.05) is 119 Å². The SMILES string of the molecule is CC1(C)c2ccccc2-c2ccc(N(c3ccc(-c4nc5ccc6ccccc6c5o4)cc3)c3ccc4c(c3)C(C)(C)c3ccccc3-4)cc21. The van der Waals surface area contributed by atoms with E-state index in [0.29, 0.717) is 5.89 Å². The van der Waals surface area contributed by atoms with E-state index >= 15 is 0 Å². The summed E-state index contributed by atoms with van der Waals surface area (Å²) in [6, 6.07) is 52.8. The minimum atomic E-state index is -0.101. The van der Waals surface area contributed by atoms with Crippen LogP contribution in [0.5, 0.6) is 0 Å². The Balaban J connectivity index is 1.12. The molecule has 0 atom stereocenters. The van der Waals surface area contributed by atoms with Gasteiger partial charge in [0.25, 0.3) is 0 Å². The molecule has 0 amide bonds. The van der Waals surface area contributed by atoms with Gasteiger partial charge < -0.3 is 9.32 Å². The molecule has 0 saturated carbocycles. The molecule has 0 fully saturated rings. The Bertz CT molecular complexity index is 2550. The van der Waals surface area contributed by atoms with E-state index in [2.05, 4.69) is 166 Å². The maximum atomic E-state index is 6.42. The zero-order chi connectivity index (χ0) is 33.8. The number of aromatic nitrogens is 1. The third-order valence-electron chi connectivity index (χ3n) is 11.3. The molecule has 0 spiro atoms. The average molecular weight is 645 g/mol. The van der Waals surface area contributed by atoms with Crippen LogP contribution in [0.1, 0.15) is 49.9 Å². The Morgan fingerprint density at radius 1 is 0.480 bits per heavy atom. The van der Waals surface area contributed by atoms with Crippen LogP contribution in [-0.4, -0.2) is 4.98 Å². The predicted octanol–water partition coefficient (Wildman–Crippen LogP) is 12.7. The van der Waals surface area contributed by atoms with Crippen LogP contribution in [0, 0.1) is 0 Å². The Kier molecular flexibility index (Phi) is 5.97. The summed E-state index contributed by atoms with van der Waals surface area (Å²) in [7, 11) is 0. The van der Waals surface area contributed by atoms with E-state index in [1.165, 1.54) is 44.5 Å². The van der Waals surface area contributed by atoms with Crippen molar-refractivity contribution in [3.05, 3.63) is 168 Å². The molecule has 50 heavy (non-hydrogen) atoms. The second-order valence-electron chi connectivity index (χ2n) is 14.8. The summed E-state index contributed by atoms with van der Waals surface area (Å²) in [4.78, 5) is 7.30. The molecular formula is C47H36N2O. The monoisotopic (exact) mass is 644 g/mol. The van der Waals surface area contributed by atoms with Crippen LogP contribution in [-0.2, 0) is 10.8 Å². The van der Waals surface area contributed by atoms with E-state index in [4.69, 9.17) is 9.40 Å². The van der Waals surface area contributed by atoms with Crippen molar-refractivity contribution in [2.45, 2.75) is 38.5 Å². The van der Waals surface area contributed by atoms with Gasteiger partial charge in [0.1, 0.15) is 5.52 Å². The number of oxazole rings is 1. The molecule has 0 radical (unpaired) electrons. The summed E-state index contributed by atoms with van der Waals surface area (Å²) < 4.78 is 6.42. The fraction of sp³-hybridized carbons (Fsp3) is 0.128. The standard InChI is InChI=1S/C47H36N2O/c1-46(2)39-15-9-7-13-35(39)37-24-22-32(27-41(37)46)49(33-23-25-38-36-14-8-10-16-40(36)47(3,4)42(38)28-33)31-20-17-30(18-21-31)45-48-43-26-19-29-11-5-6-12-34(29)44(43)50-45/h5-28H,1-4H3. The summed E-state index contributed by atoms with van der Waals surface area (Å²) >= 11 is 0. The van der Waals surface area contributed by atoms with Gasteiger partial charge in [0, 0.05) is 38.8 Å². The number of hydrogen-bond donors (Lipinski definition) is 0. The van der Waals surface area contributed by atoms with Crippen LogP contribution < -0.4 is 4.90 Å². The van der Waals surface area contributed by atoms with Crippen LogP contribution in [0.4, 0.5) is 17.1 Å². The van der Waals surface area contributed by atoms with Gasteiger partial charge in [0.05, 0.1) is 0 Å². The minimum absolute atomic E-state index is 0.101. The highest BCUT2D eigenvalue weighted by molar-refractivity contribution is 6.03. The highest BCUT2D eigenvalue weighted by atomic mass is 16.3. The molecule has 2 aliphatic carbocycles. The van der Waals surface area contributed by atoms with Crippen molar-refractivity contribution in [3.8, 4) is 33.7 Å². The normalized spacial score (nSPS) is 14.7. The number of benzene rings is 7. The second-order valence-corrected chi connectivity index (χ2v) is 14.8. The van der Waals surface area contributed by atoms with Gasteiger partial charge >= 0.3 is 0 Å². The maximum Gasteiger partial charge on any atom is 0.227 e. The second kappa shape index (κ2) is 10.3. The van der Waals surface area contributed by atoms with Gasteiger partial charge in [-0.2, -0.15) is 0 Å². The summed E-state index contributed by atoms with van der Waals surface area (Å²) in [6.45, 7) is 9.39. The lowest BCUT2D eigenvalue weighted by atomic mass is 9.82. The first-order chi connectivity index (χ1) is 24.3. The molecular weight excluding hydrogens is 609 g/mol. The van der Waals surface area contributed by atoms with Crippen LogP contribution in [0.2, 0.25) is 0 Å². The smallest absolute Gasteiger partial charge is 0.227 e. The molecule has 0 saturated heterocycles. The van der Waals surface area contributed by atoms with Crippen molar-refractivity contribution >= 4 is 38.9 Å². The van der Waals surface area contributed by atoms with Crippen molar-refractivity contribution in [3.63, 3.8) is 0 Å². The Hall–Kier alpha value is -5.93. The van der Waals surface area contributed by atoms with Gasteiger partial charge in [-0.15, -0.1) is 0 Å². The van der Waals surface area contributed by atoms with Gasteiger partial charge in [-0.05, 0) is 104 Å². The highest BCUT2D eigenvalue weighted by Crippen LogP contribution is 2.53. The molecule has 2 aliphatic rings. The highest BCUT2D eigenvalue weighted by Gasteiger charge is 2.37. The molecule has 0 unspecified atom stereocenters. The fourth-order valence-electron chi connectivity index (χ4n) is 8.64. The van der Waals surface area contributed by atoms with Crippen molar-refractivity contribution < 1.29 is 4.42 Å². The van der Waals surface area contributed by atoms with E-state index in [0.717, 1.165) is 44.5 Å². The molecule has 3 nitrogen and oxygen atoms in total. The lowest BCUT2D eigenvalue weighted by Crippen LogP contribution is -2.18. The van der Waals surface area contributed by atoms with Crippen LogP contribution >= 0.6 is 0 Å². The summed E-state index contributed by atoms with van der Waals surface area (Å²) in [5.74, 6) is 0.628. The minimum Gasteiger partial charge on any atom is -0.435 e. The third-order valence-corrected chi connectivity index (χ3v) is 11.3. The topological polar surface area (TPSA) is 29.3 Å². The van der Waals surface area contributed by atoms with Crippen LogP contribution in [0.25, 0.3) is 55.6 Å². The van der Waals surface area contributed by atoms with E-state index < -0.39 is 0 Å². The number of fused-ring (bicyclic) bond motifs is 9. The van der Waals surface area contributed by atoms with E-state index in [-0.39, 0.29) is 10.8 Å². The molecule has 0 bridgehead atoms. The van der Waals surface area contributed by atoms with E-state index in [9.17, 15) is 0 Å². The molecule has 1 aromatic heterocycles. The molecule has 1 heterocycles. The lowest BCUT2D eigenvalue weighted by molar-refractivity contribution is 0.623. The molecule has 8 aromatic rings. The largest absolute Gasteiger partial charge is 0.435 e. The van der Waals surface area contributed by atoms with Crippen molar-refractivity contribution in [2.24, 2.45) is 0 Å². The predicted molar refractivity (Wildman–Crippen MR) is 207 cm³/mol. The van der Waals surface area contributed by atoms with Crippen molar-refractivity contribution in [1.29, 1.82) is 0 Å². The molecule has 3 heteroatoms. The summed E-state index contributed by atoms with van der Waals surface area (Å²) in [5, 5.41) is 2.23. The Morgan fingerprint density at radius 3 is 1.62 bits per heavy atom. The van der Waals surface area contributed by atoms with Crippen molar-refractivity contribution in [1.82, 2.24) is 4.98 Å². The Labute approximate surface area is 292 Å². The maximum absolute atomic E-state index is 6.42. The zero-order valence-corrected chi connectivity index (χ0v) is 28.7. The quantitative estimate of drug-likeness (QED) is 0.191. The number of nitrogens with zero attached hydrogens (tertiary/aromatic N) is 2. The molecule has 7 aromatic carbocycles. The summed E-state index contributed by atoms with van der Waals surface area (Å²) in [6.07, 6.45) is 0. The lowest BCUT2D eigenvalue weighted by Gasteiger charge is -2.29. The molecule has 10 rings (SSSR count). The van der Waals surface area contributed by atoms with Gasteiger partial charge in [0.2, 0.25) is 5.89 Å². The number of anilines is 3. The number of rotatable bonds is 4. The third kappa shape index (κ3) is 4.07. The fourth-order valence-corrected chi connectivity index (χ4v) is 8.64. The van der Waals surface area contributed by atoms with E-state index in [1.54, 1.807) is 0 Å². The van der Waals surface area contributed by atoms with E-state index in [1.807, 2.05) is 12.1 Å². The van der Waals surface area contributed by atoms with Gasteiger partial charge in [-0.25, -0.2) is 4.98 Å². The average Bonchev–Trinajstić information content (AvgIpc) is 3.76. The molecule has 0 aliphatic heterocycles. The first-order valence-electron chi connectivity index (χ1n) is 17.5. The van der Waals surface area contributed by atoms with Crippen LogP contribution in [0.3, 0.4) is 0 Å². The Morgan fingerprint density at radius 2 is 1.00 bits per heavy atom. The first kappa shape index (κ1) is 29.0. The zero-order valence-electron chi connectivity index (χ0n) is 28.7. The number of hydrogen-bond acceptors (Lipinski definition) is 3. The molecule has 240 valence electrons. The summed E-state index contributed by atoms with van der Waals surface area (Å²) in [5.41, 5.74) is 16.6. The van der Waals surface area contributed by atoms with Crippen molar-refractivity contribution in [2.75, 3.05) is 4.90 Å². The van der Waals surface area contributed by atoms with Gasteiger partial charge in [0.15, 0.2) is 5.58 Å². The van der Waals surface area contributed by atoms with Crippen LogP contribution in [0.15, 0.2) is 150 Å². The molecule has 0 N–H and O–H groups in total. The van der Waals surface area contributed by atoms with Gasteiger partial charge in [-0.3, -0.25) is 0 Å². The first-order valence-corrected chi connectivity index (χ1v) is 17.5.